The van der Waals surface area contributed by atoms with E-state index in [2.05, 4.69) is 5.32 Å². The summed E-state index contributed by atoms with van der Waals surface area (Å²) in [5.41, 5.74) is 0.827. The molecule has 0 saturated carbocycles. The predicted octanol–water partition coefficient (Wildman–Crippen LogP) is 4.76. The van der Waals surface area contributed by atoms with E-state index >= 15 is 0 Å². The van der Waals surface area contributed by atoms with Gasteiger partial charge in [-0.15, -0.1) is 0 Å². The maximum atomic E-state index is 12.7. The first kappa shape index (κ1) is 12.5. The minimum Gasteiger partial charge on any atom is -0.355 e. The zero-order valence-electron chi connectivity index (χ0n) is 9.75. The highest BCUT2D eigenvalue weighted by Crippen LogP contribution is 2.35. The van der Waals surface area contributed by atoms with Crippen LogP contribution < -0.4 is 5.32 Å². The molecule has 2 aromatic rings. The zero-order valence-corrected chi connectivity index (χ0v) is 9.75. The summed E-state index contributed by atoms with van der Waals surface area (Å²) in [4.78, 5) is 0. The third-order valence-corrected chi connectivity index (χ3v) is 2.69. The van der Waals surface area contributed by atoms with E-state index in [4.69, 9.17) is 0 Å². The minimum atomic E-state index is -4.32. The van der Waals surface area contributed by atoms with E-state index in [1.165, 1.54) is 13.0 Å². The lowest BCUT2D eigenvalue weighted by Crippen LogP contribution is -2.08. The van der Waals surface area contributed by atoms with Gasteiger partial charge in [0.15, 0.2) is 0 Å². The van der Waals surface area contributed by atoms with Crippen molar-refractivity contribution in [2.45, 2.75) is 13.1 Å². The summed E-state index contributed by atoms with van der Waals surface area (Å²) in [5.74, 6) is 0. The zero-order chi connectivity index (χ0) is 13.2. The van der Waals surface area contributed by atoms with Crippen LogP contribution in [0.5, 0.6) is 0 Å². The lowest BCUT2D eigenvalue weighted by molar-refractivity contribution is -0.138. The first-order valence-corrected chi connectivity index (χ1v) is 5.47. The maximum absolute atomic E-state index is 12.7. The smallest absolute Gasteiger partial charge is 0.355 e. The van der Waals surface area contributed by atoms with Crippen LogP contribution in [0.2, 0.25) is 0 Å². The van der Waals surface area contributed by atoms with E-state index in [1.807, 2.05) is 18.2 Å². The lowest BCUT2D eigenvalue weighted by Gasteiger charge is -2.15. The standard InChI is InChI=1S/C14H12F3N/c1-10-12(14(15,16)17)8-5-9-13(10)18-11-6-3-2-4-7-11/h2-9,18H,1H3. The Morgan fingerprint density at radius 3 is 2.17 bits per heavy atom. The van der Waals surface area contributed by atoms with Gasteiger partial charge in [0.05, 0.1) is 5.56 Å². The van der Waals surface area contributed by atoms with Crippen molar-refractivity contribution in [3.05, 3.63) is 59.7 Å². The number of anilines is 2. The lowest BCUT2D eigenvalue weighted by atomic mass is 10.1. The van der Waals surface area contributed by atoms with Crippen LogP contribution in [-0.2, 0) is 6.18 Å². The molecule has 0 fully saturated rings. The Hall–Kier alpha value is -1.97. The number of halogens is 3. The van der Waals surface area contributed by atoms with Crippen LogP contribution in [0.25, 0.3) is 0 Å². The van der Waals surface area contributed by atoms with Crippen LogP contribution in [-0.4, -0.2) is 0 Å². The van der Waals surface area contributed by atoms with Gasteiger partial charge in [0, 0.05) is 11.4 Å². The topological polar surface area (TPSA) is 12.0 Å². The summed E-state index contributed by atoms with van der Waals surface area (Å²) in [7, 11) is 0. The van der Waals surface area contributed by atoms with E-state index in [0.29, 0.717) is 5.69 Å². The summed E-state index contributed by atoms with van der Waals surface area (Å²) in [6, 6.07) is 13.2. The Morgan fingerprint density at radius 2 is 1.56 bits per heavy atom. The minimum absolute atomic E-state index is 0.203. The number of para-hydroxylation sites is 1. The molecule has 0 aliphatic heterocycles. The van der Waals surface area contributed by atoms with Crippen LogP contribution in [0.1, 0.15) is 11.1 Å². The van der Waals surface area contributed by atoms with E-state index < -0.39 is 11.7 Å². The van der Waals surface area contributed by atoms with Crippen molar-refractivity contribution < 1.29 is 13.2 Å². The van der Waals surface area contributed by atoms with E-state index in [9.17, 15) is 13.2 Å². The normalized spacial score (nSPS) is 11.3. The first-order chi connectivity index (χ1) is 8.48. The van der Waals surface area contributed by atoms with E-state index in [-0.39, 0.29) is 5.56 Å². The van der Waals surface area contributed by atoms with Crippen molar-refractivity contribution in [2.24, 2.45) is 0 Å². The van der Waals surface area contributed by atoms with Gasteiger partial charge >= 0.3 is 6.18 Å². The van der Waals surface area contributed by atoms with Gasteiger partial charge in [-0.2, -0.15) is 13.2 Å². The summed E-state index contributed by atoms with van der Waals surface area (Å²) in [6.07, 6.45) is -4.32. The molecule has 0 heterocycles. The van der Waals surface area contributed by atoms with Crippen molar-refractivity contribution in [2.75, 3.05) is 5.32 Å². The molecule has 2 rings (SSSR count). The molecular weight excluding hydrogens is 239 g/mol. The highest BCUT2D eigenvalue weighted by molar-refractivity contribution is 5.64. The Labute approximate surface area is 103 Å². The molecule has 0 unspecified atom stereocenters. The summed E-state index contributed by atoms with van der Waals surface area (Å²) >= 11 is 0. The van der Waals surface area contributed by atoms with Gasteiger partial charge in [-0.1, -0.05) is 24.3 Å². The van der Waals surface area contributed by atoms with Crippen molar-refractivity contribution in [3.63, 3.8) is 0 Å². The summed E-state index contributed by atoms with van der Waals surface area (Å²) in [5, 5.41) is 2.98. The Balaban J connectivity index is 2.36. The number of rotatable bonds is 2. The molecule has 0 atom stereocenters. The van der Waals surface area contributed by atoms with Crippen LogP contribution in [0.3, 0.4) is 0 Å². The number of nitrogens with one attached hydrogen (secondary N) is 1. The highest BCUT2D eigenvalue weighted by atomic mass is 19.4. The second-order valence-electron chi connectivity index (χ2n) is 3.97. The molecule has 94 valence electrons. The van der Waals surface area contributed by atoms with E-state index in [1.54, 1.807) is 18.2 Å². The molecule has 0 bridgehead atoms. The van der Waals surface area contributed by atoms with Gasteiger partial charge in [-0.05, 0) is 36.8 Å². The van der Waals surface area contributed by atoms with E-state index in [0.717, 1.165) is 11.8 Å². The largest absolute Gasteiger partial charge is 0.416 e. The average molecular weight is 251 g/mol. The molecule has 0 amide bonds. The average Bonchev–Trinajstić information content (AvgIpc) is 2.32. The fourth-order valence-electron chi connectivity index (χ4n) is 1.76. The Morgan fingerprint density at radius 1 is 0.889 bits per heavy atom. The van der Waals surface area contributed by atoms with Gasteiger partial charge in [0.25, 0.3) is 0 Å². The first-order valence-electron chi connectivity index (χ1n) is 5.47. The quantitative estimate of drug-likeness (QED) is 0.811. The molecule has 0 aliphatic rings. The Kier molecular flexibility index (Phi) is 3.28. The second kappa shape index (κ2) is 4.72. The third-order valence-electron chi connectivity index (χ3n) is 2.69. The van der Waals surface area contributed by atoms with Crippen molar-refractivity contribution in [1.82, 2.24) is 0 Å². The van der Waals surface area contributed by atoms with Crippen molar-refractivity contribution in [3.8, 4) is 0 Å². The van der Waals surface area contributed by atoms with Gasteiger partial charge in [0.2, 0.25) is 0 Å². The van der Waals surface area contributed by atoms with Crippen molar-refractivity contribution >= 4 is 11.4 Å². The fraction of sp³-hybridized carbons (Fsp3) is 0.143. The number of alkyl halides is 3. The number of hydrogen-bond donors (Lipinski definition) is 1. The fourth-order valence-corrected chi connectivity index (χ4v) is 1.76. The van der Waals surface area contributed by atoms with Gasteiger partial charge in [-0.25, -0.2) is 0 Å². The molecule has 0 aliphatic carbocycles. The van der Waals surface area contributed by atoms with Crippen LogP contribution in [0, 0.1) is 6.92 Å². The maximum Gasteiger partial charge on any atom is 0.416 e. The second-order valence-corrected chi connectivity index (χ2v) is 3.97. The number of hydrogen-bond acceptors (Lipinski definition) is 1. The predicted molar refractivity (Wildman–Crippen MR) is 65.9 cm³/mol. The van der Waals surface area contributed by atoms with Crippen LogP contribution >= 0.6 is 0 Å². The van der Waals surface area contributed by atoms with Crippen LogP contribution in [0.15, 0.2) is 48.5 Å². The highest BCUT2D eigenvalue weighted by Gasteiger charge is 2.32. The van der Waals surface area contributed by atoms with Crippen molar-refractivity contribution in [1.29, 1.82) is 0 Å². The summed E-state index contributed by atoms with van der Waals surface area (Å²) in [6.45, 7) is 1.47. The third kappa shape index (κ3) is 2.64. The monoisotopic (exact) mass is 251 g/mol. The van der Waals surface area contributed by atoms with Gasteiger partial charge in [-0.3, -0.25) is 0 Å². The van der Waals surface area contributed by atoms with Gasteiger partial charge < -0.3 is 5.32 Å². The van der Waals surface area contributed by atoms with Crippen LogP contribution in [0.4, 0.5) is 24.5 Å². The molecule has 1 nitrogen and oxygen atoms in total. The molecule has 0 aromatic heterocycles. The number of benzene rings is 2. The molecule has 18 heavy (non-hydrogen) atoms. The molecule has 0 radical (unpaired) electrons. The molecule has 0 saturated heterocycles. The SMILES string of the molecule is Cc1c(Nc2ccccc2)cccc1C(F)(F)F. The molecule has 1 N–H and O–H groups in total. The molecule has 0 spiro atoms. The molecular formula is C14H12F3N. The Bertz CT molecular complexity index is 532. The van der Waals surface area contributed by atoms with Gasteiger partial charge in [0.1, 0.15) is 0 Å². The molecule has 2 aromatic carbocycles. The summed E-state index contributed by atoms with van der Waals surface area (Å²) < 4.78 is 38.2. The molecule has 4 heteroatoms.